The maximum absolute atomic E-state index is 12.7. The van der Waals surface area contributed by atoms with Gasteiger partial charge >= 0.3 is 0 Å². The average Bonchev–Trinajstić information content (AvgIpc) is 2.87. The third kappa shape index (κ3) is 3.29. The summed E-state index contributed by atoms with van der Waals surface area (Å²) in [6, 6.07) is 0. The van der Waals surface area contributed by atoms with Gasteiger partial charge in [-0.1, -0.05) is 20.8 Å². The van der Waals surface area contributed by atoms with E-state index in [0.29, 0.717) is 18.1 Å². The molecule has 0 aliphatic carbocycles. The van der Waals surface area contributed by atoms with Crippen LogP contribution in [0.1, 0.15) is 45.9 Å². The summed E-state index contributed by atoms with van der Waals surface area (Å²) in [5.74, 6) is 1.67. The molecule has 1 unspecified atom stereocenters. The molecule has 0 spiro atoms. The summed E-state index contributed by atoms with van der Waals surface area (Å²) in [5, 5.41) is 3.41. The van der Waals surface area contributed by atoms with Crippen molar-refractivity contribution in [1.29, 1.82) is 0 Å². The van der Waals surface area contributed by atoms with Crippen LogP contribution in [-0.2, 0) is 17.8 Å². The zero-order valence-corrected chi connectivity index (χ0v) is 13.0. The van der Waals surface area contributed by atoms with Gasteiger partial charge in [-0.3, -0.25) is 4.79 Å². The molecule has 1 fully saturated rings. The van der Waals surface area contributed by atoms with Crippen LogP contribution in [0.4, 0.5) is 0 Å². The number of nitrogens with zero attached hydrogens (tertiary/aromatic N) is 2. The average molecular weight is 277 g/mol. The first-order valence-corrected chi connectivity index (χ1v) is 7.79. The number of aryl methyl sites for hydroxylation is 1. The molecule has 0 radical (unpaired) electrons. The van der Waals surface area contributed by atoms with Gasteiger partial charge < -0.3 is 9.88 Å². The topological polar surface area (TPSA) is 46.9 Å². The number of hydrogen-bond donors (Lipinski definition) is 1. The molecule has 0 saturated carbocycles. The van der Waals surface area contributed by atoms with Crippen LogP contribution in [0.2, 0.25) is 0 Å². The van der Waals surface area contributed by atoms with Crippen LogP contribution in [0.3, 0.4) is 0 Å². The van der Waals surface area contributed by atoms with Crippen molar-refractivity contribution in [3.05, 3.63) is 18.2 Å². The zero-order valence-electron chi connectivity index (χ0n) is 13.0. The van der Waals surface area contributed by atoms with Crippen LogP contribution >= 0.6 is 0 Å². The van der Waals surface area contributed by atoms with Crippen molar-refractivity contribution in [2.24, 2.45) is 11.3 Å². The molecule has 1 aliphatic heterocycles. The Bertz CT molecular complexity index is 444. The largest absolute Gasteiger partial charge is 0.335 e. The number of carbonyl (C=O) groups is 1. The molecule has 0 bridgehead atoms. The first-order chi connectivity index (χ1) is 9.55. The third-order valence-electron chi connectivity index (χ3n) is 4.62. The summed E-state index contributed by atoms with van der Waals surface area (Å²) < 4.78 is 2.10. The van der Waals surface area contributed by atoms with Crippen LogP contribution < -0.4 is 5.32 Å². The Kier molecular flexibility index (Phi) is 4.97. The second kappa shape index (κ2) is 6.53. The summed E-state index contributed by atoms with van der Waals surface area (Å²) in [6.45, 7) is 9.32. The minimum Gasteiger partial charge on any atom is -0.335 e. The molecule has 4 nitrogen and oxygen atoms in total. The lowest BCUT2D eigenvalue weighted by Crippen LogP contribution is -2.43. The lowest BCUT2D eigenvalue weighted by molar-refractivity contribution is -0.129. The van der Waals surface area contributed by atoms with Crippen molar-refractivity contribution in [1.82, 2.24) is 14.9 Å². The number of nitrogens with one attached hydrogen (secondary N) is 1. The highest BCUT2D eigenvalue weighted by atomic mass is 16.1. The van der Waals surface area contributed by atoms with Crippen LogP contribution in [0, 0.1) is 11.3 Å². The Hall–Kier alpha value is -1.16. The van der Waals surface area contributed by atoms with E-state index in [1.165, 1.54) is 6.42 Å². The molecule has 1 atom stereocenters. The summed E-state index contributed by atoms with van der Waals surface area (Å²) in [5.41, 5.74) is -0.267. The molecule has 20 heavy (non-hydrogen) atoms. The zero-order chi connectivity index (χ0) is 14.6. The summed E-state index contributed by atoms with van der Waals surface area (Å²) in [4.78, 5) is 17.1. The van der Waals surface area contributed by atoms with Gasteiger partial charge in [0.15, 0.2) is 0 Å². The summed E-state index contributed by atoms with van der Waals surface area (Å²) >= 11 is 0. The van der Waals surface area contributed by atoms with E-state index in [4.69, 9.17) is 0 Å². The van der Waals surface area contributed by atoms with Crippen LogP contribution in [-0.4, -0.2) is 28.4 Å². The highest BCUT2D eigenvalue weighted by Gasteiger charge is 2.37. The molecular formula is C16H27N3O. The van der Waals surface area contributed by atoms with E-state index >= 15 is 0 Å². The van der Waals surface area contributed by atoms with Gasteiger partial charge in [-0.15, -0.1) is 0 Å². The SMILES string of the molecule is CCCn1ccnc1CC(=O)C(C)(C)C1CCCNC1. The minimum atomic E-state index is -0.267. The van der Waals surface area contributed by atoms with E-state index in [0.717, 1.165) is 38.3 Å². The smallest absolute Gasteiger partial charge is 0.146 e. The van der Waals surface area contributed by atoms with E-state index < -0.39 is 0 Å². The van der Waals surface area contributed by atoms with Gasteiger partial charge in [0, 0.05) is 24.4 Å². The van der Waals surface area contributed by atoms with Crippen molar-refractivity contribution in [3.63, 3.8) is 0 Å². The predicted octanol–water partition coefficient (Wildman–Crippen LogP) is 2.43. The quantitative estimate of drug-likeness (QED) is 0.868. The Morgan fingerprint density at radius 1 is 1.55 bits per heavy atom. The monoisotopic (exact) mass is 277 g/mol. The number of rotatable bonds is 6. The Morgan fingerprint density at radius 2 is 2.35 bits per heavy atom. The van der Waals surface area contributed by atoms with E-state index in [-0.39, 0.29) is 5.41 Å². The normalized spacial score (nSPS) is 20.1. The Morgan fingerprint density at radius 3 is 3.00 bits per heavy atom. The maximum Gasteiger partial charge on any atom is 0.146 e. The van der Waals surface area contributed by atoms with Crippen molar-refractivity contribution in [2.45, 2.75) is 53.0 Å². The van der Waals surface area contributed by atoms with Crippen molar-refractivity contribution >= 4 is 5.78 Å². The van der Waals surface area contributed by atoms with Crippen molar-refractivity contribution in [2.75, 3.05) is 13.1 Å². The maximum atomic E-state index is 12.7. The first-order valence-electron chi connectivity index (χ1n) is 7.79. The molecule has 1 aliphatic rings. The van der Waals surface area contributed by atoms with Gasteiger partial charge in [-0.05, 0) is 38.3 Å². The lowest BCUT2D eigenvalue weighted by Gasteiger charge is -2.36. The van der Waals surface area contributed by atoms with Gasteiger partial charge in [-0.25, -0.2) is 4.98 Å². The Labute approximate surface area is 122 Å². The molecule has 0 amide bonds. The van der Waals surface area contributed by atoms with E-state index in [9.17, 15) is 4.79 Å². The lowest BCUT2D eigenvalue weighted by atomic mass is 9.71. The van der Waals surface area contributed by atoms with Gasteiger partial charge in [0.05, 0.1) is 6.42 Å². The fraction of sp³-hybridized carbons (Fsp3) is 0.750. The molecule has 2 heterocycles. The number of hydrogen-bond acceptors (Lipinski definition) is 3. The molecule has 1 aromatic rings. The van der Waals surface area contributed by atoms with Crippen molar-refractivity contribution < 1.29 is 4.79 Å². The van der Waals surface area contributed by atoms with Gasteiger partial charge in [0.2, 0.25) is 0 Å². The van der Waals surface area contributed by atoms with Crippen LogP contribution in [0.15, 0.2) is 12.4 Å². The van der Waals surface area contributed by atoms with Crippen molar-refractivity contribution in [3.8, 4) is 0 Å². The summed E-state index contributed by atoms with van der Waals surface area (Å²) in [7, 11) is 0. The second-order valence-corrected chi connectivity index (χ2v) is 6.40. The fourth-order valence-electron chi connectivity index (χ4n) is 3.02. The number of ketones is 1. The molecular weight excluding hydrogens is 250 g/mol. The van der Waals surface area contributed by atoms with Crippen LogP contribution in [0.5, 0.6) is 0 Å². The third-order valence-corrected chi connectivity index (χ3v) is 4.62. The Balaban J connectivity index is 2.04. The highest BCUT2D eigenvalue weighted by Crippen LogP contribution is 2.33. The van der Waals surface area contributed by atoms with E-state index in [1.807, 2.05) is 6.20 Å². The van der Waals surface area contributed by atoms with Gasteiger partial charge in [-0.2, -0.15) is 0 Å². The number of carbonyl (C=O) groups excluding carboxylic acids is 1. The molecule has 112 valence electrons. The van der Waals surface area contributed by atoms with E-state index in [2.05, 4.69) is 35.6 Å². The van der Waals surface area contributed by atoms with Gasteiger partial charge in [0.25, 0.3) is 0 Å². The molecule has 1 N–H and O–H groups in total. The van der Waals surface area contributed by atoms with Gasteiger partial charge in [0.1, 0.15) is 11.6 Å². The molecule has 0 aromatic carbocycles. The number of imidazole rings is 1. The molecule has 1 aromatic heterocycles. The fourth-order valence-corrected chi connectivity index (χ4v) is 3.02. The highest BCUT2D eigenvalue weighted by molar-refractivity contribution is 5.85. The molecule has 2 rings (SSSR count). The van der Waals surface area contributed by atoms with Crippen LogP contribution in [0.25, 0.3) is 0 Å². The van der Waals surface area contributed by atoms with E-state index in [1.54, 1.807) is 6.20 Å². The first kappa shape index (κ1) is 15.2. The number of aromatic nitrogens is 2. The molecule has 1 saturated heterocycles. The minimum absolute atomic E-state index is 0.267. The number of piperidine rings is 1. The summed E-state index contributed by atoms with van der Waals surface area (Å²) in [6.07, 6.45) is 7.61. The molecule has 4 heteroatoms. The second-order valence-electron chi connectivity index (χ2n) is 6.40. The standard InChI is InChI=1S/C16H27N3O/c1-4-9-19-10-8-18-15(19)11-14(20)16(2,3)13-6-5-7-17-12-13/h8,10,13,17H,4-7,9,11-12H2,1-3H3. The predicted molar refractivity (Wildman–Crippen MR) is 80.6 cm³/mol. The number of Topliss-reactive ketones (excluding diaryl/α,β-unsaturated/α-hetero) is 1.